The van der Waals surface area contributed by atoms with Crippen LogP contribution in [0.25, 0.3) is 22.5 Å². The number of alkyl halides is 3. The minimum Gasteiger partial charge on any atom is -0.381 e. The van der Waals surface area contributed by atoms with Crippen molar-refractivity contribution in [2.45, 2.75) is 38.5 Å². The Hall–Kier alpha value is -4.03. The summed E-state index contributed by atoms with van der Waals surface area (Å²) in [4.78, 5) is 30.6. The number of nitrogens with one attached hydrogen (secondary N) is 2. The van der Waals surface area contributed by atoms with E-state index in [1.54, 1.807) is 18.3 Å². The molecule has 1 aromatic carbocycles. The molecule has 1 aromatic heterocycles. The number of aromatic nitrogens is 4. The van der Waals surface area contributed by atoms with E-state index in [1.165, 1.54) is 0 Å². The van der Waals surface area contributed by atoms with Gasteiger partial charge in [-0.2, -0.15) is 18.2 Å². The maximum Gasteiger partial charge on any atom is 0.416 e. The maximum absolute atomic E-state index is 13.1. The number of pyridine rings is 2. The highest BCUT2D eigenvalue weighted by Crippen LogP contribution is 2.39. The van der Waals surface area contributed by atoms with E-state index in [4.69, 9.17) is 14.7 Å². The molecule has 2 aromatic rings. The zero-order valence-electron chi connectivity index (χ0n) is 22.0. The number of hydrogen-bond donors (Lipinski definition) is 2. The molecule has 1 amide bonds. The summed E-state index contributed by atoms with van der Waals surface area (Å²) in [7, 11) is 0. The molecule has 0 saturated carbocycles. The first-order valence-corrected chi connectivity index (χ1v) is 13.0. The normalized spacial score (nSPS) is 15.8. The van der Waals surface area contributed by atoms with E-state index in [1.807, 2.05) is 19.1 Å². The maximum atomic E-state index is 13.1. The average molecular weight is 586 g/mol. The standard InChI is InChI=1S/C28H26F3N7O2.ClH/c1-16-2-3-20(35-26(39)23-13-18(4-7-32-23)28(29,30)31)14-21(16)22-12-17-15-34-27(36-19-5-10-40-11-6-19)37-24(17)38-9-8-33-25(22)38;/h2-4,7,12-15,19,33H,5-6,8-11H2,1H3,(H,35,39);1H. The Morgan fingerprint density at radius 3 is 2.71 bits per heavy atom. The Morgan fingerprint density at radius 2 is 1.93 bits per heavy atom. The number of carbonyl (C=O) groups excluding carboxylic acids is 1. The first-order chi connectivity index (χ1) is 19.3. The van der Waals surface area contributed by atoms with Gasteiger partial charge in [0.2, 0.25) is 5.62 Å². The lowest BCUT2D eigenvalue weighted by molar-refractivity contribution is -0.137. The summed E-state index contributed by atoms with van der Waals surface area (Å²) in [6, 6.07) is 9.08. The molecule has 1 fully saturated rings. The lowest BCUT2D eigenvalue weighted by atomic mass is 9.98. The molecular formula is C28H27ClF3N7O2. The van der Waals surface area contributed by atoms with E-state index in [0.29, 0.717) is 31.1 Å². The molecule has 2 N–H and O–H groups in total. The molecule has 0 aliphatic carbocycles. The zero-order valence-corrected chi connectivity index (χ0v) is 22.8. The Bertz CT molecular complexity index is 1630. The molecule has 0 unspecified atom stereocenters. The molecule has 0 radical (unpaired) electrons. The largest absolute Gasteiger partial charge is 0.416 e. The Labute approximate surface area is 239 Å². The van der Waals surface area contributed by atoms with Gasteiger partial charge >= 0.3 is 6.18 Å². The topological polar surface area (TPSA) is 106 Å². The number of nitrogens with zero attached hydrogens (tertiary/aromatic N) is 5. The number of anilines is 2. The van der Waals surface area contributed by atoms with Gasteiger partial charge in [0.25, 0.3) is 5.91 Å². The van der Waals surface area contributed by atoms with Crippen molar-refractivity contribution in [2.24, 2.45) is 4.99 Å². The van der Waals surface area contributed by atoms with Crippen molar-refractivity contribution >= 4 is 29.8 Å². The summed E-state index contributed by atoms with van der Waals surface area (Å²) in [6.07, 6.45) is -0.119. The fourth-order valence-corrected chi connectivity index (χ4v) is 5.02. The summed E-state index contributed by atoms with van der Waals surface area (Å²) < 4.78 is 46.8. The van der Waals surface area contributed by atoms with Crippen molar-refractivity contribution in [2.75, 3.05) is 30.4 Å². The number of hydrogen-bond acceptors (Lipinski definition) is 7. The highest BCUT2D eigenvalue weighted by Gasteiger charge is 2.31. The van der Waals surface area contributed by atoms with Crippen LogP contribution in [0.4, 0.5) is 24.7 Å². The Kier molecular flexibility index (Phi) is 7.96. The van der Waals surface area contributed by atoms with Crippen LogP contribution < -0.4 is 16.3 Å². The highest BCUT2D eigenvalue weighted by atomic mass is 35.5. The van der Waals surface area contributed by atoms with Gasteiger partial charge in [-0.1, -0.05) is 6.07 Å². The van der Waals surface area contributed by atoms with Crippen LogP contribution >= 0.6 is 12.4 Å². The molecule has 4 aliphatic heterocycles. The van der Waals surface area contributed by atoms with Crippen LogP contribution in [0, 0.1) is 6.92 Å². The summed E-state index contributed by atoms with van der Waals surface area (Å²) in [6.45, 7) is 4.77. The van der Waals surface area contributed by atoms with Crippen LogP contribution in [-0.4, -0.2) is 51.2 Å². The first-order valence-electron chi connectivity index (χ1n) is 13.0. The molecule has 4 aliphatic rings. The lowest BCUT2D eigenvalue weighted by Crippen LogP contribution is -2.25. The van der Waals surface area contributed by atoms with Gasteiger partial charge < -0.3 is 19.9 Å². The molecule has 9 nitrogen and oxygen atoms in total. The molecule has 0 atom stereocenters. The molecule has 5 heterocycles. The van der Waals surface area contributed by atoms with Crippen LogP contribution in [-0.2, 0) is 17.5 Å². The van der Waals surface area contributed by atoms with Crippen molar-refractivity contribution in [3.8, 4) is 22.5 Å². The van der Waals surface area contributed by atoms with Crippen molar-refractivity contribution < 1.29 is 22.7 Å². The molecule has 1 saturated heterocycles. The van der Waals surface area contributed by atoms with Gasteiger partial charge in [-0.25, -0.2) is 9.98 Å². The smallest absolute Gasteiger partial charge is 0.381 e. The number of halogens is 4. The van der Waals surface area contributed by atoms with Crippen molar-refractivity contribution in [1.82, 2.24) is 19.5 Å². The number of carbonyl (C=O) groups is 1. The number of rotatable bonds is 4. The van der Waals surface area contributed by atoms with E-state index in [0.717, 1.165) is 71.6 Å². The second-order valence-electron chi connectivity index (χ2n) is 9.82. The minimum atomic E-state index is -4.57. The summed E-state index contributed by atoms with van der Waals surface area (Å²) in [5.74, 6) is 0.933. The SMILES string of the molecule is Cc1ccc(NC(=O)c2cc(C(F)(F)F)ccn2)cc1-c1cc2cnc(=NC3CCOCC3)nc-2n2c1NCC2.Cl. The minimum absolute atomic E-state index is 0. The third-order valence-electron chi connectivity index (χ3n) is 7.09. The quantitative estimate of drug-likeness (QED) is 0.351. The fourth-order valence-electron chi connectivity index (χ4n) is 5.02. The number of fused-ring (bicyclic) bond motifs is 3. The third kappa shape index (κ3) is 5.89. The Balaban J connectivity index is 0.00000337. The van der Waals surface area contributed by atoms with Gasteiger partial charge in [-0.3, -0.25) is 9.78 Å². The van der Waals surface area contributed by atoms with Crippen molar-refractivity contribution in [3.63, 3.8) is 0 Å². The van der Waals surface area contributed by atoms with Gasteiger partial charge in [0.05, 0.1) is 11.6 Å². The van der Waals surface area contributed by atoms with E-state index < -0.39 is 17.6 Å². The number of amides is 1. The van der Waals surface area contributed by atoms with E-state index in [9.17, 15) is 18.0 Å². The zero-order chi connectivity index (χ0) is 27.9. The summed E-state index contributed by atoms with van der Waals surface area (Å²) in [5.41, 5.74) is 3.19. The van der Waals surface area contributed by atoms with Gasteiger partial charge in [-0.05, 0) is 61.2 Å². The molecule has 41 heavy (non-hydrogen) atoms. The fraction of sp³-hybridized carbons (Fsp3) is 0.321. The molecule has 214 valence electrons. The third-order valence-corrected chi connectivity index (χ3v) is 7.09. The number of aryl methyl sites for hydroxylation is 1. The van der Waals surface area contributed by atoms with E-state index >= 15 is 0 Å². The summed E-state index contributed by atoms with van der Waals surface area (Å²) in [5, 5.41) is 6.13. The van der Waals surface area contributed by atoms with Gasteiger partial charge in [0, 0.05) is 55.5 Å². The Morgan fingerprint density at radius 1 is 1.12 bits per heavy atom. The van der Waals surface area contributed by atoms with E-state index in [-0.39, 0.29) is 24.1 Å². The van der Waals surface area contributed by atoms with Gasteiger partial charge in [-0.15, -0.1) is 12.4 Å². The second-order valence-corrected chi connectivity index (χ2v) is 9.82. The average Bonchev–Trinajstić information content (AvgIpc) is 3.45. The predicted molar refractivity (Wildman–Crippen MR) is 149 cm³/mol. The van der Waals surface area contributed by atoms with E-state index in [2.05, 4.69) is 25.2 Å². The van der Waals surface area contributed by atoms with Crippen molar-refractivity contribution in [3.05, 3.63) is 71.2 Å². The van der Waals surface area contributed by atoms with Crippen LogP contribution in [0.15, 0.2) is 53.8 Å². The van der Waals surface area contributed by atoms with Crippen LogP contribution in [0.2, 0.25) is 0 Å². The monoisotopic (exact) mass is 585 g/mol. The first kappa shape index (κ1) is 28.5. The molecular weight excluding hydrogens is 559 g/mol. The molecule has 0 spiro atoms. The molecule has 13 heteroatoms. The number of benzene rings is 1. The second kappa shape index (κ2) is 11.5. The van der Waals surface area contributed by atoms with Gasteiger partial charge in [0.15, 0.2) is 0 Å². The predicted octanol–water partition coefficient (Wildman–Crippen LogP) is 4.95. The van der Waals surface area contributed by atoms with Crippen LogP contribution in [0.3, 0.4) is 0 Å². The lowest BCUT2D eigenvalue weighted by Gasteiger charge is -2.19. The van der Waals surface area contributed by atoms with Crippen LogP contribution in [0.5, 0.6) is 0 Å². The molecule has 6 rings (SSSR count). The number of ether oxygens (including phenoxy) is 1. The molecule has 0 bridgehead atoms. The van der Waals surface area contributed by atoms with Crippen molar-refractivity contribution in [1.29, 1.82) is 0 Å². The van der Waals surface area contributed by atoms with Gasteiger partial charge in [0.1, 0.15) is 17.3 Å². The highest BCUT2D eigenvalue weighted by molar-refractivity contribution is 6.03. The van der Waals surface area contributed by atoms with Crippen LogP contribution in [0.1, 0.15) is 34.5 Å². The summed E-state index contributed by atoms with van der Waals surface area (Å²) >= 11 is 0.